The summed E-state index contributed by atoms with van der Waals surface area (Å²) in [6.45, 7) is 0. The van der Waals surface area contributed by atoms with Crippen LogP contribution in [0.1, 0.15) is 29.8 Å². The van der Waals surface area contributed by atoms with E-state index >= 15 is 0 Å². The zero-order valence-electron chi connectivity index (χ0n) is 10.8. The summed E-state index contributed by atoms with van der Waals surface area (Å²) in [7, 11) is 0. The SMILES string of the molecule is C#CCC(NC(=O)Nc1nc2c(s1)CCCC2)C(=O)O. The van der Waals surface area contributed by atoms with Crippen LogP contribution in [0.3, 0.4) is 0 Å². The molecular formula is C13H15N3O3S. The van der Waals surface area contributed by atoms with Gasteiger partial charge in [-0.15, -0.1) is 23.7 Å². The maximum atomic E-state index is 11.7. The highest BCUT2D eigenvalue weighted by Gasteiger charge is 2.20. The Kier molecular flexibility index (Phi) is 4.58. The Morgan fingerprint density at radius 3 is 2.85 bits per heavy atom. The fraction of sp³-hybridized carbons (Fsp3) is 0.462. The molecule has 0 aliphatic heterocycles. The molecule has 7 heteroatoms. The second-order valence-corrected chi connectivity index (χ2v) is 5.58. The number of hydrogen-bond acceptors (Lipinski definition) is 4. The average molecular weight is 293 g/mol. The van der Waals surface area contributed by atoms with Crippen LogP contribution < -0.4 is 10.6 Å². The molecule has 1 aliphatic rings. The van der Waals surface area contributed by atoms with Gasteiger partial charge in [0.15, 0.2) is 5.13 Å². The lowest BCUT2D eigenvalue weighted by Gasteiger charge is -2.11. The van der Waals surface area contributed by atoms with Gasteiger partial charge in [0, 0.05) is 11.3 Å². The number of rotatable bonds is 4. The van der Waals surface area contributed by atoms with E-state index in [4.69, 9.17) is 11.5 Å². The number of terminal acetylenes is 1. The molecule has 2 amide bonds. The van der Waals surface area contributed by atoms with E-state index in [0.29, 0.717) is 5.13 Å². The highest BCUT2D eigenvalue weighted by atomic mass is 32.1. The average Bonchev–Trinajstić information content (AvgIpc) is 2.79. The first kappa shape index (κ1) is 14.3. The first-order valence-corrected chi connectivity index (χ1v) is 7.14. The van der Waals surface area contributed by atoms with Gasteiger partial charge in [-0.05, 0) is 25.7 Å². The van der Waals surface area contributed by atoms with E-state index in [-0.39, 0.29) is 6.42 Å². The van der Waals surface area contributed by atoms with Crippen molar-refractivity contribution in [1.82, 2.24) is 10.3 Å². The minimum absolute atomic E-state index is 0.0584. The van der Waals surface area contributed by atoms with Crippen LogP contribution in [-0.4, -0.2) is 28.1 Å². The predicted molar refractivity (Wildman–Crippen MR) is 75.8 cm³/mol. The van der Waals surface area contributed by atoms with Gasteiger partial charge in [0.2, 0.25) is 0 Å². The van der Waals surface area contributed by atoms with E-state index in [1.165, 1.54) is 16.2 Å². The van der Waals surface area contributed by atoms with Gasteiger partial charge in [-0.2, -0.15) is 0 Å². The molecule has 1 atom stereocenters. The normalized spacial score (nSPS) is 14.8. The molecule has 106 valence electrons. The van der Waals surface area contributed by atoms with Gasteiger partial charge in [0.1, 0.15) is 6.04 Å². The number of thiazole rings is 1. The molecule has 0 spiro atoms. The van der Waals surface area contributed by atoms with Crippen LogP contribution in [0.4, 0.5) is 9.93 Å². The molecule has 0 aromatic carbocycles. The van der Waals surface area contributed by atoms with Crippen molar-refractivity contribution in [1.29, 1.82) is 0 Å². The summed E-state index contributed by atoms with van der Waals surface area (Å²) in [5.41, 5.74) is 1.04. The molecule has 1 aromatic rings. The Labute approximate surface area is 120 Å². The van der Waals surface area contributed by atoms with Crippen LogP contribution in [0.15, 0.2) is 0 Å². The molecule has 1 aliphatic carbocycles. The topological polar surface area (TPSA) is 91.3 Å². The maximum Gasteiger partial charge on any atom is 0.327 e. The van der Waals surface area contributed by atoms with Gasteiger partial charge in [-0.25, -0.2) is 14.6 Å². The van der Waals surface area contributed by atoms with Crippen molar-refractivity contribution in [2.24, 2.45) is 0 Å². The monoisotopic (exact) mass is 293 g/mol. The number of amides is 2. The quantitative estimate of drug-likeness (QED) is 0.736. The van der Waals surface area contributed by atoms with Crippen LogP contribution in [0, 0.1) is 12.3 Å². The molecule has 3 N–H and O–H groups in total. The van der Waals surface area contributed by atoms with Crippen molar-refractivity contribution in [2.45, 2.75) is 38.1 Å². The third-order valence-corrected chi connectivity index (χ3v) is 4.06. The molecule has 2 rings (SSSR count). The molecule has 0 saturated carbocycles. The Morgan fingerprint density at radius 2 is 2.20 bits per heavy atom. The zero-order valence-corrected chi connectivity index (χ0v) is 11.6. The zero-order chi connectivity index (χ0) is 14.5. The number of carbonyl (C=O) groups excluding carboxylic acids is 1. The number of hydrogen-bond donors (Lipinski definition) is 3. The number of nitrogens with one attached hydrogen (secondary N) is 2. The first-order chi connectivity index (χ1) is 9.60. The van der Waals surface area contributed by atoms with Crippen molar-refractivity contribution < 1.29 is 14.7 Å². The van der Waals surface area contributed by atoms with Crippen LogP contribution in [-0.2, 0) is 17.6 Å². The first-order valence-electron chi connectivity index (χ1n) is 6.32. The number of urea groups is 1. The smallest absolute Gasteiger partial charge is 0.327 e. The summed E-state index contributed by atoms with van der Waals surface area (Å²) < 4.78 is 0. The molecule has 0 fully saturated rings. The standard InChI is InChI=1S/C13H15N3O3S/c1-2-5-9(11(17)18)14-12(19)16-13-15-8-6-3-4-7-10(8)20-13/h1,9H,3-7H2,(H,17,18)(H2,14,15,16,19). The third-order valence-electron chi connectivity index (χ3n) is 2.99. The number of fused-ring (bicyclic) bond motifs is 1. The largest absolute Gasteiger partial charge is 0.480 e. The van der Waals surface area contributed by atoms with Gasteiger partial charge >= 0.3 is 12.0 Å². The molecule has 6 nitrogen and oxygen atoms in total. The van der Waals surface area contributed by atoms with Crippen molar-refractivity contribution in [3.8, 4) is 12.3 Å². The van der Waals surface area contributed by atoms with E-state index < -0.39 is 18.0 Å². The lowest BCUT2D eigenvalue weighted by molar-refractivity contribution is -0.139. The minimum Gasteiger partial charge on any atom is -0.480 e. The van der Waals surface area contributed by atoms with E-state index in [2.05, 4.69) is 21.5 Å². The lowest BCUT2D eigenvalue weighted by Crippen LogP contribution is -2.42. The molecule has 1 aromatic heterocycles. The van der Waals surface area contributed by atoms with E-state index in [1.807, 2.05) is 0 Å². The third kappa shape index (κ3) is 3.48. The minimum atomic E-state index is -1.16. The molecule has 0 bridgehead atoms. The van der Waals surface area contributed by atoms with Crippen molar-refractivity contribution in [3.05, 3.63) is 10.6 Å². The molecule has 0 saturated heterocycles. The highest BCUT2D eigenvalue weighted by molar-refractivity contribution is 7.15. The lowest BCUT2D eigenvalue weighted by atomic mass is 10.0. The van der Waals surface area contributed by atoms with E-state index in [9.17, 15) is 9.59 Å². The Balaban J connectivity index is 1.95. The maximum absolute atomic E-state index is 11.7. The fourth-order valence-corrected chi connectivity index (χ4v) is 3.06. The molecule has 20 heavy (non-hydrogen) atoms. The predicted octanol–water partition coefficient (Wildman–Crippen LogP) is 1.62. The van der Waals surface area contributed by atoms with E-state index in [0.717, 1.165) is 31.4 Å². The number of nitrogens with zero attached hydrogens (tertiary/aromatic N) is 1. The second kappa shape index (κ2) is 6.39. The van der Waals surface area contributed by atoms with Crippen LogP contribution in [0.5, 0.6) is 0 Å². The molecule has 1 heterocycles. The fourth-order valence-electron chi connectivity index (χ4n) is 2.01. The Morgan fingerprint density at radius 1 is 1.45 bits per heavy atom. The van der Waals surface area contributed by atoms with Crippen LogP contribution in [0.2, 0.25) is 0 Å². The summed E-state index contributed by atoms with van der Waals surface area (Å²) >= 11 is 1.44. The van der Waals surface area contributed by atoms with Crippen LogP contribution >= 0.6 is 11.3 Å². The summed E-state index contributed by atoms with van der Waals surface area (Å²) in [5.74, 6) is 1.07. The van der Waals surface area contributed by atoms with Crippen molar-refractivity contribution in [3.63, 3.8) is 0 Å². The molecule has 1 unspecified atom stereocenters. The molecule has 0 radical (unpaired) electrons. The Hall–Kier alpha value is -2.07. The number of aromatic nitrogens is 1. The van der Waals surface area contributed by atoms with Gasteiger partial charge in [0.25, 0.3) is 0 Å². The highest BCUT2D eigenvalue weighted by Crippen LogP contribution is 2.29. The molecular weight excluding hydrogens is 278 g/mol. The summed E-state index contributed by atoms with van der Waals surface area (Å²) in [5, 5.41) is 14.3. The number of anilines is 1. The van der Waals surface area contributed by atoms with Crippen molar-refractivity contribution in [2.75, 3.05) is 5.32 Å². The van der Waals surface area contributed by atoms with Gasteiger partial charge < -0.3 is 10.4 Å². The van der Waals surface area contributed by atoms with Gasteiger partial charge in [-0.3, -0.25) is 5.32 Å². The Bertz CT molecular complexity index is 538. The summed E-state index contributed by atoms with van der Waals surface area (Å²) in [6.07, 6.45) is 9.19. The number of carboxylic acid groups (broad SMARTS) is 1. The summed E-state index contributed by atoms with van der Waals surface area (Å²) in [4.78, 5) is 28.2. The van der Waals surface area contributed by atoms with Gasteiger partial charge in [-0.1, -0.05) is 0 Å². The van der Waals surface area contributed by atoms with Gasteiger partial charge in [0.05, 0.1) is 5.69 Å². The van der Waals surface area contributed by atoms with Crippen molar-refractivity contribution >= 4 is 28.5 Å². The number of aryl methyl sites for hydroxylation is 2. The van der Waals surface area contributed by atoms with E-state index in [1.54, 1.807) is 0 Å². The van der Waals surface area contributed by atoms with Crippen LogP contribution in [0.25, 0.3) is 0 Å². The second-order valence-electron chi connectivity index (χ2n) is 4.49. The number of carbonyl (C=O) groups is 2. The number of aliphatic carboxylic acids is 1. The number of carboxylic acids is 1. The summed E-state index contributed by atoms with van der Waals surface area (Å²) in [6, 6.07) is -1.69.